The number of benzene rings is 2. The van der Waals surface area contributed by atoms with Crippen molar-refractivity contribution in [3.05, 3.63) is 79.9 Å². The maximum atomic E-state index is 13.9. The van der Waals surface area contributed by atoms with E-state index in [0.717, 1.165) is 35.7 Å². The zero-order valence-electron chi connectivity index (χ0n) is 19.4. The summed E-state index contributed by atoms with van der Waals surface area (Å²) in [6, 6.07) is 14.2. The topological polar surface area (TPSA) is 64.4 Å². The molecule has 0 amide bonds. The standard InChI is InChI=1S/C26H24ClN3O3S2/c1-3-33-19-10-8-18(9-11-19)30-25(32)23-20-12-13-29(2)14-22(20)35-24(23)28-26(30)34-15-21(31)16-4-6-17(27)7-5-16/h4-11H,3,12-15H2,1-2H3. The van der Waals surface area contributed by atoms with Gasteiger partial charge in [-0.25, -0.2) is 4.98 Å². The van der Waals surface area contributed by atoms with Gasteiger partial charge in [0.2, 0.25) is 0 Å². The molecule has 0 saturated heterocycles. The third kappa shape index (κ3) is 4.89. The minimum absolute atomic E-state index is 0.0497. The summed E-state index contributed by atoms with van der Waals surface area (Å²) in [6.07, 6.45) is 0.827. The normalized spacial score (nSPS) is 13.7. The van der Waals surface area contributed by atoms with Crippen molar-refractivity contribution in [1.82, 2.24) is 14.5 Å². The molecule has 0 unspecified atom stereocenters. The molecule has 2 aromatic carbocycles. The number of carbonyl (C=O) groups is 1. The van der Waals surface area contributed by atoms with Crippen LogP contribution in [0.15, 0.2) is 58.5 Å². The second-order valence-electron chi connectivity index (χ2n) is 8.35. The zero-order chi connectivity index (χ0) is 24.5. The molecule has 0 radical (unpaired) electrons. The Kier molecular flexibility index (Phi) is 6.98. The van der Waals surface area contributed by atoms with Crippen LogP contribution < -0.4 is 10.3 Å². The number of aromatic nitrogens is 2. The highest BCUT2D eigenvalue weighted by molar-refractivity contribution is 7.99. The maximum Gasteiger partial charge on any atom is 0.267 e. The van der Waals surface area contributed by atoms with E-state index in [1.807, 2.05) is 31.2 Å². The van der Waals surface area contributed by atoms with E-state index >= 15 is 0 Å². The molecule has 3 heterocycles. The lowest BCUT2D eigenvalue weighted by molar-refractivity contribution is 0.102. The number of rotatable bonds is 7. The average Bonchev–Trinajstić information content (AvgIpc) is 3.21. The first kappa shape index (κ1) is 24.1. The van der Waals surface area contributed by atoms with E-state index in [0.29, 0.717) is 33.4 Å². The summed E-state index contributed by atoms with van der Waals surface area (Å²) < 4.78 is 7.20. The van der Waals surface area contributed by atoms with Crippen molar-refractivity contribution in [1.29, 1.82) is 0 Å². The quantitative estimate of drug-likeness (QED) is 0.181. The number of fused-ring (bicyclic) bond motifs is 3. The number of hydrogen-bond donors (Lipinski definition) is 0. The first-order chi connectivity index (χ1) is 16.9. The molecule has 9 heteroatoms. The molecule has 0 aliphatic carbocycles. The van der Waals surface area contributed by atoms with Crippen LogP contribution in [0.1, 0.15) is 27.7 Å². The van der Waals surface area contributed by atoms with Crippen LogP contribution in [0.3, 0.4) is 0 Å². The number of hydrogen-bond acceptors (Lipinski definition) is 7. The predicted octanol–water partition coefficient (Wildman–Crippen LogP) is 5.46. The van der Waals surface area contributed by atoms with Crippen LogP contribution in [0.25, 0.3) is 15.9 Å². The first-order valence-corrected chi connectivity index (χ1v) is 13.5. The number of thioether (sulfide) groups is 1. The monoisotopic (exact) mass is 525 g/mol. The predicted molar refractivity (Wildman–Crippen MR) is 143 cm³/mol. The second kappa shape index (κ2) is 10.1. The Morgan fingerprint density at radius 1 is 1.17 bits per heavy atom. The van der Waals surface area contributed by atoms with Crippen LogP contribution >= 0.6 is 34.7 Å². The van der Waals surface area contributed by atoms with Crippen LogP contribution in [-0.4, -0.2) is 46.2 Å². The summed E-state index contributed by atoms with van der Waals surface area (Å²) in [4.78, 5) is 35.8. The molecule has 6 nitrogen and oxygen atoms in total. The highest BCUT2D eigenvalue weighted by atomic mass is 35.5. The van der Waals surface area contributed by atoms with Crippen LogP contribution in [0.4, 0.5) is 0 Å². The van der Waals surface area contributed by atoms with Gasteiger partial charge in [-0.05, 0) is 74.5 Å². The van der Waals surface area contributed by atoms with Gasteiger partial charge in [-0.2, -0.15) is 0 Å². The zero-order valence-corrected chi connectivity index (χ0v) is 21.8. The number of halogens is 1. The van der Waals surface area contributed by atoms with Gasteiger partial charge in [-0.15, -0.1) is 11.3 Å². The molecule has 35 heavy (non-hydrogen) atoms. The Balaban J connectivity index is 1.58. The van der Waals surface area contributed by atoms with Crippen molar-refractivity contribution in [3.63, 3.8) is 0 Å². The molecule has 2 aromatic heterocycles. The van der Waals surface area contributed by atoms with Crippen LogP contribution in [0.2, 0.25) is 5.02 Å². The Bertz CT molecular complexity index is 1450. The minimum atomic E-state index is -0.0948. The van der Waals surface area contributed by atoms with Gasteiger partial charge in [0.25, 0.3) is 5.56 Å². The van der Waals surface area contributed by atoms with Gasteiger partial charge in [-0.3, -0.25) is 14.2 Å². The summed E-state index contributed by atoms with van der Waals surface area (Å²) in [6.45, 7) is 4.22. The van der Waals surface area contributed by atoms with E-state index in [-0.39, 0.29) is 17.1 Å². The lowest BCUT2D eigenvalue weighted by Crippen LogP contribution is -2.27. The van der Waals surface area contributed by atoms with E-state index in [2.05, 4.69) is 11.9 Å². The van der Waals surface area contributed by atoms with E-state index in [4.69, 9.17) is 21.3 Å². The van der Waals surface area contributed by atoms with Gasteiger partial charge in [0, 0.05) is 28.6 Å². The molecule has 5 rings (SSSR count). The fourth-order valence-electron chi connectivity index (χ4n) is 4.18. The lowest BCUT2D eigenvalue weighted by atomic mass is 10.1. The molecule has 1 aliphatic rings. The molecule has 0 atom stereocenters. The first-order valence-electron chi connectivity index (χ1n) is 11.3. The third-order valence-corrected chi connectivity index (χ3v) is 8.24. The fraction of sp³-hybridized carbons (Fsp3) is 0.269. The molecule has 4 aromatic rings. The van der Waals surface area contributed by atoms with Gasteiger partial charge in [0.15, 0.2) is 10.9 Å². The highest BCUT2D eigenvalue weighted by Crippen LogP contribution is 2.34. The smallest absolute Gasteiger partial charge is 0.267 e. The fourth-order valence-corrected chi connectivity index (χ4v) is 6.56. The Labute approximate surface area is 216 Å². The Morgan fingerprint density at radius 3 is 2.63 bits per heavy atom. The molecular formula is C26H24ClN3O3S2. The Morgan fingerprint density at radius 2 is 1.91 bits per heavy atom. The molecule has 180 valence electrons. The van der Waals surface area contributed by atoms with Gasteiger partial charge in [0.1, 0.15) is 10.6 Å². The number of carbonyl (C=O) groups excluding carboxylic acids is 1. The molecular weight excluding hydrogens is 502 g/mol. The number of ether oxygens (including phenoxy) is 1. The van der Waals surface area contributed by atoms with Crippen LogP contribution in [0, 0.1) is 0 Å². The summed E-state index contributed by atoms with van der Waals surface area (Å²) in [7, 11) is 2.09. The molecule has 0 bridgehead atoms. The third-order valence-electron chi connectivity index (χ3n) is 5.94. The molecule has 1 aliphatic heterocycles. The van der Waals surface area contributed by atoms with Gasteiger partial charge in [-0.1, -0.05) is 23.4 Å². The number of likely N-dealkylation sites (N-methyl/N-ethyl adjacent to an activating group) is 1. The maximum absolute atomic E-state index is 13.9. The van der Waals surface area contributed by atoms with Crippen LogP contribution in [0.5, 0.6) is 5.75 Å². The minimum Gasteiger partial charge on any atom is -0.494 e. The SMILES string of the molecule is CCOc1ccc(-n2c(SCC(=O)c3ccc(Cl)cc3)nc3sc4c(c3c2=O)CCN(C)C4)cc1. The highest BCUT2D eigenvalue weighted by Gasteiger charge is 2.25. The Hall–Kier alpha value is -2.65. The lowest BCUT2D eigenvalue weighted by Gasteiger charge is -2.21. The van der Waals surface area contributed by atoms with E-state index < -0.39 is 0 Å². The summed E-state index contributed by atoms with van der Waals surface area (Å²) in [5.41, 5.74) is 2.28. The van der Waals surface area contributed by atoms with E-state index in [9.17, 15) is 9.59 Å². The van der Waals surface area contributed by atoms with Gasteiger partial charge >= 0.3 is 0 Å². The number of Topliss-reactive ketones (excluding diaryl/α,β-unsaturated/α-hetero) is 1. The largest absolute Gasteiger partial charge is 0.494 e. The van der Waals surface area contributed by atoms with Crippen molar-refractivity contribution >= 4 is 50.7 Å². The van der Waals surface area contributed by atoms with Gasteiger partial charge < -0.3 is 9.64 Å². The summed E-state index contributed by atoms with van der Waals surface area (Å²) in [5.74, 6) is 0.845. The molecule has 0 saturated carbocycles. The van der Waals surface area contributed by atoms with Crippen molar-refractivity contribution in [2.75, 3.05) is 26.0 Å². The van der Waals surface area contributed by atoms with Gasteiger partial charge in [0.05, 0.1) is 23.4 Å². The van der Waals surface area contributed by atoms with Crippen molar-refractivity contribution in [2.45, 2.75) is 25.0 Å². The van der Waals surface area contributed by atoms with Crippen molar-refractivity contribution in [3.8, 4) is 11.4 Å². The number of ketones is 1. The average molecular weight is 526 g/mol. The second-order valence-corrected chi connectivity index (χ2v) is 10.8. The van der Waals surface area contributed by atoms with Crippen LogP contribution in [-0.2, 0) is 13.0 Å². The molecule has 0 N–H and O–H groups in total. The van der Waals surface area contributed by atoms with Crippen molar-refractivity contribution in [2.24, 2.45) is 0 Å². The summed E-state index contributed by atoms with van der Waals surface area (Å²) >= 11 is 8.81. The van der Waals surface area contributed by atoms with E-state index in [1.165, 1.54) is 16.6 Å². The molecule has 0 fully saturated rings. The summed E-state index contributed by atoms with van der Waals surface area (Å²) in [5, 5.41) is 1.78. The van der Waals surface area contributed by atoms with E-state index in [1.54, 1.807) is 40.2 Å². The van der Waals surface area contributed by atoms with Crippen molar-refractivity contribution < 1.29 is 9.53 Å². The number of thiophene rings is 1. The molecule has 0 spiro atoms. The number of nitrogens with zero attached hydrogens (tertiary/aromatic N) is 3.